The molecule has 0 fully saturated rings. The first-order chi connectivity index (χ1) is 15.3. The Morgan fingerprint density at radius 3 is 2.15 bits per heavy atom. The normalized spacial score (nSPS) is 12.4. The van der Waals surface area contributed by atoms with Gasteiger partial charge in [0, 0.05) is 17.6 Å². The first-order valence-electron chi connectivity index (χ1n) is 10.1. The van der Waals surface area contributed by atoms with Gasteiger partial charge in [0.2, 0.25) is 21.8 Å². The van der Waals surface area contributed by atoms with E-state index in [0.717, 1.165) is 16.1 Å². The van der Waals surface area contributed by atoms with Crippen molar-refractivity contribution in [3.8, 4) is 0 Å². The van der Waals surface area contributed by atoms with Crippen molar-refractivity contribution in [1.29, 1.82) is 0 Å². The van der Waals surface area contributed by atoms with Crippen LogP contribution < -0.4 is 9.62 Å². The van der Waals surface area contributed by atoms with E-state index in [2.05, 4.69) is 5.32 Å². The van der Waals surface area contributed by atoms with Gasteiger partial charge in [0.15, 0.2) is 0 Å². The first kappa shape index (κ1) is 27.2. The molecule has 2 aromatic carbocycles. The number of hydrogen-bond donors (Lipinski definition) is 1. The second-order valence-electron chi connectivity index (χ2n) is 7.83. The van der Waals surface area contributed by atoms with E-state index >= 15 is 0 Å². The number of anilines is 1. The van der Waals surface area contributed by atoms with Gasteiger partial charge in [-0.25, -0.2) is 8.42 Å². The number of nitrogens with zero attached hydrogens (tertiary/aromatic N) is 2. The second kappa shape index (κ2) is 11.4. The van der Waals surface area contributed by atoms with Gasteiger partial charge in [-0.05, 0) is 50.6 Å². The highest BCUT2D eigenvalue weighted by atomic mass is 35.5. The molecule has 2 rings (SSSR count). The highest BCUT2D eigenvalue weighted by Gasteiger charge is 2.31. The Balaban J connectivity index is 2.43. The van der Waals surface area contributed by atoms with Crippen LogP contribution in [0.1, 0.15) is 26.3 Å². The third-order valence-corrected chi connectivity index (χ3v) is 6.93. The maximum Gasteiger partial charge on any atom is 0.244 e. The topological polar surface area (TPSA) is 86.8 Å². The van der Waals surface area contributed by atoms with Crippen molar-refractivity contribution in [2.45, 2.75) is 39.4 Å². The Morgan fingerprint density at radius 2 is 1.61 bits per heavy atom. The Hall–Kier alpha value is -2.00. The zero-order valence-electron chi connectivity index (χ0n) is 18.7. The molecule has 1 N–H and O–H groups in total. The monoisotopic (exact) mass is 533 g/mol. The summed E-state index contributed by atoms with van der Waals surface area (Å²) in [7, 11) is -3.90. The Morgan fingerprint density at radius 1 is 1.00 bits per heavy atom. The van der Waals surface area contributed by atoms with Crippen LogP contribution in [0.3, 0.4) is 0 Å². The molecule has 0 heterocycles. The molecule has 0 spiro atoms. The molecule has 0 bridgehead atoms. The SMILES string of the molecule is CC(C)NC(=O)C(C)N(Cc1ccc(Cl)cc1)C(=O)CN(c1cccc(Cl)c1Cl)S(C)(=O)=O. The van der Waals surface area contributed by atoms with E-state index in [0.29, 0.717) is 5.02 Å². The van der Waals surface area contributed by atoms with E-state index in [-0.39, 0.29) is 34.2 Å². The lowest BCUT2D eigenvalue weighted by atomic mass is 10.1. The molecule has 1 atom stereocenters. The van der Waals surface area contributed by atoms with Crippen molar-refractivity contribution in [3.63, 3.8) is 0 Å². The molecular weight excluding hydrogens is 509 g/mol. The van der Waals surface area contributed by atoms with Crippen molar-refractivity contribution < 1.29 is 18.0 Å². The highest BCUT2D eigenvalue weighted by Crippen LogP contribution is 2.33. The van der Waals surface area contributed by atoms with Gasteiger partial charge in [-0.2, -0.15) is 0 Å². The first-order valence-corrected chi connectivity index (χ1v) is 13.1. The van der Waals surface area contributed by atoms with Gasteiger partial charge in [-0.1, -0.05) is 53.0 Å². The average molecular weight is 535 g/mol. The van der Waals surface area contributed by atoms with E-state index < -0.39 is 28.5 Å². The standard InChI is InChI=1S/C22H26Cl3N3O4S/c1-14(2)26-22(30)15(3)27(12-16-8-10-17(23)11-9-16)20(29)13-28(33(4,31)32)19-7-5-6-18(24)21(19)25/h5-11,14-15H,12-13H2,1-4H3,(H,26,30). The molecule has 11 heteroatoms. The van der Waals surface area contributed by atoms with E-state index in [1.807, 2.05) is 13.8 Å². The summed E-state index contributed by atoms with van der Waals surface area (Å²) in [5.41, 5.74) is 0.800. The number of rotatable bonds is 9. The Kier molecular flexibility index (Phi) is 9.43. The van der Waals surface area contributed by atoms with Crippen molar-refractivity contribution >= 4 is 62.3 Å². The predicted molar refractivity (Wildman–Crippen MR) is 133 cm³/mol. The zero-order valence-corrected chi connectivity index (χ0v) is 21.8. The Bertz CT molecular complexity index is 1110. The summed E-state index contributed by atoms with van der Waals surface area (Å²) in [6.07, 6.45) is 0.968. The summed E-state index contributed by atoms with van der Waals surface area (Å²) in [6, 6.07) is 10.3. The highest BCUT2D eigenvalue weighted by molar-refractivity contribution is 7.92. The fraction of sp³-hybridized carbons (Fsp3) is 0.364. The lowest BCUT2D eigenvalue weighted by Gasteiger charge is -2.32. The summed E-state index contributed by atoms with van der Waals surface area (Å²) in [5.74, 6) is -0.947. The van der Waals surface area contributed by atoms with E-state index in [9.17, 15) is 18.0 Å². The van der Waals surface area contributed by atoms with Crippen LogP contribution in [0.4, 0.5) is 5.69 Å². The number of nitrogens with one attached hydrogen (secondary N) is 1. The molecule has 0 aromatic heterocycles. The molecule has 2 amide bonds. The number of hydrogen-bond acceptors (Lipinski definition) is 4. The second-order valence-corrected chi connectivity index (χ2v) is 11.0. The number of carbonyl (C=O) groups is 2. The van der Waals surface area contributed by atoms with Crippen LogP contribution >= 0.6 is 34.8 Å². The Labute approximate surface area is 209 Å². The molecule has 0 saturated heterocycles. The third kappa shape index (κ3) is 7.50. The fourth-order valence-corrected chi connectivity index (χ4v) is 4.48. The van der Waals surface area contributed by atoms with Gasteiger partial charge in [-0.3, -0.25) is 13.9 Å². The molecule has 0 aliphatic rings. The van der Waals surface area contributed by atoms with Gasteiger partial charge in [0.05, 0.1) is 22.0 Å². The molecule has 33 heavy (non-hydrogen) atoms. The lowest BCUT2D eigenvalue weighted by Crippen LogP contribution is -2.52. The molecular formula is C22H26Cl3N3O4S. The summed E-state index contributed by atoms with van der Waals surface area (Å²) in [4.78, 5) is 27.4. The van der Waals surface area contributed by atoms with Crippen LogP contribution in [0, 0.1) is 0 Å². The number of amides is 2. The smallest absolute Gasteiger partial charge is 0.244 e. The quantitative estimate of drug-likeness (QED) is 0.518. The fourth-order valence-electron chi connectivity index (χ4n) is 3.05. The largest absolute Gasteiger partial charge is 0.352 e. The zero-order chi connectivity index (χ0) is 24.9. The molecule has 0 aliphatic heterocycles. The minimum atomic E-state index is -3.90. The van der Waals surface area contributed by atoms with Crippen LogP contribution in [0.25, 0.3) is 0 Å². The lowest BCUT2D eigenvalue weighted by molar-refractivity contribution is -0.139. The van der Waals surface area contributed by atoms with Crippen molar-refractivity contribution in [3.05, 3.63) is 63.1 Å². The van der Waals surface area contributed by atoms with E-state index in [1.165, 1.54) is 23.1 Å². The van der Waals surface area contributed by atoms with Crippen molar-refractivity contribution in [2.24, 2.45) is 0 Å². The van der Waals surface area contributed by atoms with Crippen LogP contribution in [0.2, 0.25) is 15.1 Å². The summed E-state index contributed by atoms with van der Waals surface area (Å²) in [6.45, 7) is 4.71. The molecule has 0 saturated carbocycles. The van der Waals surface area contributed by atoms with Gasteiger partial charge in [0.1, 0.15) is 12.6 Å². The van der Waals surface area contributed by atoms with Gasteiger partial charge < -0.3 is 10.2 Å². The van der Waals surface area contributed by atoms with Gasteiger partial charge >= 0.3 is 0 Å². The van der Waals surface area contributed by atoms with Crippen LogP contribution in [0.15, 0.2) is 42.5 Å². The van der Waals surface area contributed by atoms with E-state index in [1.54, 1.807) is 31.2 Å². The molecule has 0 aliphatic carbocycles. The maximum atomic E-state index is 13.4. The number of benzene rings is 2. The van der Waals surface area contributed by atoms with E-state index in [4.69, 9.17) is 34.8 Å². The third-order valence-electron chi connectivity index (χ3n) is 4.74. The molecule has 0 radical (unpaired) electrons. The molecule has 180 valence electrons. The minimum absolute atomic E-state index is 0.00671. The minimum Gasteiger partial charge on any atom is -0.352 e. The maximum absolute atomic E-state index is 13.4. The number of carbonyl (C=O) groups excluding carboxylic acids is 2. The number of halogens is 3. The van der Waals surface area contributed by atoms with Gasteiger partial charge in [-0.15, -0.1) is 0 Å². The molecule has 2 aromatic rings. The van der Waals surface area contributed by atoms with Crippen LogP contribution in [-0.2, 0) is 26.2 Å². The van der Waals surface area contributed by atoms with Crippen molar-refractivity contribution in [1.82, 2.24) is 10.2 Å². The summed E-state index contributed by atoms with van der Waals surface area (Å²) < 4.78 is 26.0. The van der Waals surface area contributed by atoms with Gasteiger partial charge in [0.25, 0.3) is 0 Å². The van der Waals surface area contributed by atoms with Crippen LogP contribution in [-0.4, -0.2) is 50.0 Å². The molecule has 1 unspecified atom stereocenters. The average Bonchev–Trinajstić information content (AvgIpc) is 2.72. The number of sulfonamides is 1. The van der Waals surface area contributed by atoms with Crippen molar-refractivity contribution in [2.75, 3.05) is 17.1 Å². The summed E-state index contributed by atoms with van der Waals surface area (Å²) in [5, 5.41) is 3.47. The summed E-state index contributed by atoms with van der Waals surface area (Å²) >= 11 is 18.2. The molecule has 7 nitrogen and oxygen atoms in total. The predicted octanol–water partition coefficient (Wildman–Crippen LogP) is 4.35. The van der Waals surface area contributed by atoms with Crippen LogP contribution in [0.5, 0.6) is 0 Å².